The Morgan fingerprint density at radius 1 is 1.32 bits per heavy atom. The van der Waals surface area contributed by atoms with Crippen LogP contribution in [0.3, 0.4) is 0 Å². The lowest BCUT2D eigenvalue weighted by Gasteiger charge is -2.34. The van der Waals surface area contributed by atoms with Crippen molar-refractivity contribution in [1.82, 2.24) is 15.5 Å². The van der Waals surface area contributed by atoms with Gasteiger partial charge in [-0.1, -0.05) is 0 Å². The Morgan fingerprint density at radius 2 is 2.05 bits per heavy atom. The van der Waals surface area contributed by atoms with Gasteiger partial charge in [-0.25, -0.2) is 0 Å². The Balaban J connectivity index is 2.39. The minimum atomic E-state index is 0.160. The highest BCUT2D eigenvalue weighted by Crippen LogP contribution is 2.20. The molecular formula is C16H32N4OS. The maximum Gasteiger partial charge on any atom is 0.220 e. The summed E-state index contributed by atoms with van der Waals surface area (Å²) < 4.78 is 0. The van der Waals surface area contributed by atoms with Crippen molar-refractivity contribution in [3.8, 4) is 0 Å². The number of carbonyl (C=O) groups is 1. The van der Waals surface area contributed by atoms with Gasteiger partial charge in [0, 0.05) is 39.6 Å². The average molecular weight is 329 g/mol. The maximum absolute atomic E-state index is 11.5. The molecule has 1 aliphatic heterocycles. The number of thioether (sulfide) groups is 1. The number of guanidine groups is 1. The fourth-order valence-corrected chi connectivity index (χ4v) is 3.17. The normalized spacial score (nSPS) is 16.7. The molecule has 0 aliphatic carbocycles. The van der Waals surface area contributed by atoms with Crippen LogP contribution in [-0.2, 0) is 4.79 Å². The van der Waals surface area contributed by atoms with Crippen molar-refractivity contribution in [2.24, 2.45) is 10.9 Å². The quantitative estimate of drug-likeness (QED) is 0.406. The first-order valence-corrected chi connectivity index (χ1v) is 9.83. The number of unbranched alkanes of at least 4 members (excludes halogenated alkanes) is 1. The maximum atomic E-state index is 11.5. The number of hydrogen-bond donors (Lipinski definition) is 2. The van der Waals surface area contributed by atoms with E-state index in [4.69, 9.17) is 4.99 Å². The third-order valence-corrected chi connectivity index (χ3v) is 4.72. The van der Waals surface area contributed by atoms with E-state index in [1.165, 1.54) is 12.2 Å². The predicted molar refractivity (Wildman–Crippen MR) is 96.6 cm³/mol. The second-order valence-electron chi connectivity index (χ2n) is 5.74. The van der Waals surface area contributed by atoms with Gasteiger partial charge < -0.3 is 15.5 Å². The lowest BCUT2D eigenvalue weighted by molar-refractivity contribution is -0.121. The lowest BCUT2D eigenvalue weighted by Crippen LogP contribution is -2.46. The van der Waals surface area contributed by atoms with Gasteiger partial charge in [0.2, 0.25) is 5.91 Å². The predicted octanol–water partition coefficient (Wildman–Crippen LogP) is 1.94. The molecule has 6 heteroatoms. The number of amides is 1. The van der Waals surface area contributed by atoms with E-state index in [0.29, 0.717) is 12.3 Å². The van der Waals surface area contributed by atoms with Gasteiger partial charge in [-0.2, -0.15) is 11.8 Å². The van der Waals surface area contributed by atoms with E-state index in [2.05, 4.69) is 28.7 Å². The summed E-state index contributed by atoms with van der Waals surface area (Å²) >= 11 is 1.90. The van der Waals surface area contributed by atoms with Gasteiger partial charge in [-0.15, -0.1) is 0 Å². The largest absolute Gasteiger partial charge is 0.359 e. The van der Waals surface area contributed by atoms with Crippen LogP contribution in [-0.4, -0.2) is 62.0 Å². The average Bonchev–Trinajstić information content (AvgIpc) is 2.54. The highest BCUT2D eigenvalue weighted by molar-refractivity contribution is 7.98. The van der Waals surface area contributed by atoms with Crippen molar-refractivity contribution in [2.75, 3.05) is 45.2 Å². The molecule has 1 aliphatic rings. The fraction of sp³-hybridized carbons (Fsp3) is 0.875. The molecule has 0 saturated carbocycles. The molecule has 1 fully saturated rings. The van der Waals surface area contributed by atoms with E-state index < -0.39 is 0 Å². The fourth-order valence-electron chi connectivity index (χ4n) is 2.68. The molecule has 0 radical (unpaired) electrons. The van der Waals surface area contributed by atoms with Gasteiger partial charge in [-0.3, -0.25) is 9.79 Å². The SMILES string of the molecule is CCNC(=NCCCCSC)N1CCC(CC(=O)NC)CC1. The number of carbonyl (C=O) groups excluding carboxylic acids is 1. The molecule has 128 valence electrons. The summed E-state index contributed by atoms with van der Waals surface area (Å²) in [5.41, 5.74) is 0. The number of aliphatic imine (C=N–C) groups is 1. The van der Waals surface area contributed by atoms with Crippen LogP contribution in [0.2, 0.25) is 0 Å². The number of hydrogen-bond acceptors (Lipinski definition) is 3. The van der Waals surface area contributed by atoms with Crippen LogP contribution in [0, 0.1) is 5.92 Å². The van der Waals surface area contributed by atoms with E-state index in [0.717, 1.165) is 51.4 Å². The second kappa shape index (κ2) is 11.6. The minimum Gasteiger partial charge on any atom is -0.359 e. The first-order valence-electron chi connectivity index (χ1n) is 8.44. The number of rotatable bonds is 8. The molecule has 0 atom stereocenters. The van der Waals surface area contributed by atoms with E-state index in [9.17, 15) is 4.79 Å². The lowest BCUT2D eigenvalue weighted by atomic mass is 9.93. The molecule has 0 bridgehead atoms. The number of nitrogens with one attached hydrogen (secondary N) is 2. The molecule has 0 spiro atoms. The molecule has 0 unspecified atom stereocenters. The molecule has 5 nitrogen and oxygen atoms in total. The molecule has 1 rings (SSSR count). The van der Waals surface area contributed by atoms with Crippen LogP contribution in [0.5, 0.6) is 0 Å². The van der Waals surface area contributed by atoms with Crippen LogP contribution in [0.15, 0.2) is 4.99 Å². The Kier molecular flexibility index (Phi) is 10.1. The molecular weight excluding hydrogens is 296 g/mol. The van der Waals surface area contributed by atoms with E-state index in [-0.39, 0.29) is 5.91 Å². The smallest absolute Gasteiger partial charge is 0.220 e. The Hall–Kier alpha value is -0.910. The van der Waals surface area contributed by atoms with Gasteiger partial charge in [0.25, 0.3) is 0 Å². The summed E-state index contributed by atoms with van der Waals surface area (Å²) in [6, 6.07) is 0. The summed E-state index contributed by atoms with van der Waals surface area (Å²) in [7, 11) is 1.71. The van der Waals surface area contributed by atoms with Gasteiger partial charge in [-0.05, 0) is 50.5 Å². The number of likely N-dealkylation sites (tertiary alicyclic amines) is 1. The second-order valence-corrected chi connectivity index (χ2v) is 6.73. The first-order chi connectivity index (χ1) is 10.7. The zero-order valence-corrected chi connectivity index (χ0v) is 15.2. The summed E-state index contributed by atoms with van der Waals surface area (Å²) in [4.78, 5) is 18.6. The standard InChI is InChI=1S/C16H32N4OS/c1-4-18-16(19-9-5-6-12-22-3)20-10-7-14(8-11-20)13-15(21)17-2/h14H,4-13H2,1-3H3,(H,17,21)(H,18,19). The van der Waals surface area contributed by atoms with Gasteiger partial charge in [0.1, 0.15) is 0 Å². The van der Waals surface area contributed by atoms with Crippen molar-refractivity contribution < 1.29 is 4.79 Å². The van der Waals surface area contributed by atoms with Crippen molar-refractivity contribution in [1.29, 1.82) is 0 Å². The van der Waals surface area contributed by atoms with Crippen molar-refractivity contribution in [2.45, 2.75) is 39.0 Å². The Morgan fingerprint density at radius 3 is 2.64 bits per heavy atom. The first kappa shape index (κ1) is 19.1. The van der Waals surface area contributed by atoms with E-state index >= 15 is 0 Å². The molecule has 0 aromatic rings. The monoisotopic (exact) mass is 328 g/mol. The molecule has 1 saturated heterocycles. The minimum absolute atomic E-state index is 0.160. The zero-order valence-electron chi connectivity index (χ0n) is 14.4. The Labute approximate surface area is 139 Å². The molecule has 0 aromatic carbocycles. The summed E-state index contributed by atoms with van der Waals surface area (Å²) in [5, 5.41) is 6.12. The van der Waals surface area contributed by atoms with Crippen LogP contribution in [0.4, 0.5) is 0 Å². The topological polar surface area (TPSA) is 56.7 Å². The third-order valence-electron chi connectivity index (χ3n) is 4.02. The van der Waals surface area contributed by atoms with Crippen LogP contribution in [0.1, 0.15) is 39.0 Å². The van der Waals surface area contributed by atoms with Crippen LogP contribution >= 0.6 is 11.8 Å². The highest BCUT2D eigenvalue weighted by Gasteiger charge is 2.22. The number of piperidine rings is 1. The Bertz CT molecular complexity index is 341. The summed E-state index contributed by atoms with van der Waals surface area (Å²) in [6.07, 6.45) is 7.35. The van der Waals surface area contributed by atoms with E-state index in [1.807, 2.05) is 11.8 Å². The van der Waals surface area contributed by atoms with Crippen molar-refractivity contribution in [3.05, 3.63) is 0 Å². The summed E-state index contributed by atoms with van der Waals surface area (Å²) in [5.74, 6) is 2.94. The van der Waals surface area contributed by atoms with Gasteiger partial charge in [0.15, 0.2) is 5.96 Å². The molecule has 22 heavy (non-hydrogen) atoms. The zero-order chi connectivity index (χ0) is 16.2. The van der Waals surface area contributed by atoms with Crippen molar-refractivity contribution in [3.63, 3.8) is 0 Å². The molecule has 1 amide bonds. The third kappa shape index (κ3) is 7.38. The summed E-state index contributed by atoms with van der Waals surface area (Å²) in [6.45, 7) is 5.92. The van der Waals surface area contributed by atoms with Gasteiger partial charge >= 0.3 is 0 Å². The van der Waals surface area contributed by atoms with Crippen molar-refractivity contribution >= 4 is 23.6 Å². The van der Waals surface area contributed by atoms with Crippen LogP contribution in [0.25, 0.3) is 0 Å². The molecule has 2 N–H and O–H groups in total. The van der Waals surface area contributed by atoms with Crippen LogP contribution < -0.4 is 10.6 Å². The van der Waals surface area contributed by atoms with Gasteiger partial charge in [0.05, 0.1) is 0 Å². The molecule has 1 heterocycles. The number of nitrogens with zero attached hydrogens (tertiary/aromatic N) is 2. The van der Waals surface area contributed by atoms with E-state index in [1.54, 1.807) is 7.05 Å². The highest BCUT2D eigenvalue weighted by atomic mass is 32.2. The molecule has 0 aromatic heterocycles.